The molecule has 2 unspecified atom stereocenters. The highest BCUT2D eigenvalue weighted by molar-refractivity contribution is 5.70. The molecule has 0 saturated carbocycles. The van der Waals surface area contributed by atoms with Gasteiger partial charge in [-0.1, -0.05) is 321 Å². The van der Waals surface area contributed by atoms with Crippen LogP contribution in [0.15, 0.2) is 24.3 Å². The summed E-state index contributed by atoms with van der Waals surface area (Å²) in [4.78, 5) is 37.4. The highest BCUT2D eigenvalue weighted by atomic mass is 16.7. The Labute approximate surface area is 497 Å². The molecule has 80 heavy (non-hydrogen) atoms. The van der Waals surface area contributed by atoms with E-state index in [0.717, 1.165) is 44.9 Å². The van der Waals surface area contributed by atoms with Crippen LogP contribution in [-0.2, 0) is 33.3 Å². The predicted octanol–water partition coefficient (Wildman–Crippen LogP) is 20.1. The van der Waals surface area contributed by atoms with Crippen LogP contribution in [0.1, 0.15) is 354 Å². The molecule has 9 nitrogen and oxygen atoms in total. The number of aliphatic carboxylic acids is 1. The lowest BCUT2D eigenvalue weighted by Gasteiger charge is -2.26. The number of allylic oxidation sites excluding steroid dienone is 4. The van der Waals surface area contributed by atoms with E-state index < -0.39 is 24.3 Å². The molecular weight excluding hydrogens is 995 g/mol. The zero-order valence-corrected chi connectivity index (χ0v) is 54.0. The van der Waals surface area contributed by atoms with Gasteiger partial charge >= 0.3 is 11.9 Å². The minimum Gasteiger partial charge on any atom is -0.545 e. The van der Waals surface area contributed by atoms with Gasteiger partial charge in [0.1, 0.15) is 13.2 Å². The van der Waals surface area contributed by atoms with E-state index in [0.29, 0.717) is 17.4 Å². The van der Waals surface area contributed by atoms with Crippen molar-refractivity contribution in [1.82, 2.24) is 0 Å². The van der Waals surface area contributed by atoms with Crippen molar-refractivity contribution in [3.63, 3.8) is 0 Å². The average molecular weight is 1130 g/mol. The molecule has 0 aliphatic heterocycles. The third-order valence-corrected chi connectivity index (χ3v) is 16.0. The van der Waals surface area contributed by atoms with Crippen molar-refractivity contribution < 1.29 is 42.9 Å². The molecule has 0 amide bonds. The number of likely N-dealkylation sites (N-methyl/N-ethyl adjacent to an activating group) is 1. The van der Waals surface area contributed by atoms with Crippen molar-refractivity contribution in [2.75, 3.05) is 47.5 Å². The van der Waals surface area contributed by atoms with Crippen LogP contribution >= 0.6 is 0 Å². The number of hydrogen-bond donors (Lipinski definition) is 0. The molecule has 0 bridgehead atoms. The van der Waals surface area contributed by atoms with Crippen LogP contribution in [0.5, 0.6) is 0 Å². The fourth-order valence-electron chi connectivity index (χ4n) is 10.6. The molecule has 0 heterocycles. The first-order valence-corrected chi connectivity index (χ1v) is 35.0. The zero-order valence-electron chi connectivity index (χ0n) is 54.0. The number of ether oxygens (including phenoxy) is 4. The Morgan fingerprint density at radius 3 is 0.988 bits per heavy atom. The van der Waals surface area contributed by atoms with Crippen LogP contribution in [0.25, 0.3) is 0 Å². The van der Waals surface area contributed by atoms with Gasteiger partial charge in [-0.3, -0.25) is 9.59 Å². The van der Waals surface area contributed by atoms with Crippen LogP contribution in [-0.4, -0.2) is 82.3 Å². The molecule has 0 aromatic rings. The summed E-state index contributed by atoms with van der Waals surface area (Å²) in [5.41, 5.74) is 0. The van der Waals surface area contributed by atoms with Crippen molar-refractivity contribution in [2.45, 2.75) is 367 Å². The van der Waals surface area contributed by atoms with E-state index in [1.165, 1.54) is 283 Å². The molecule has 9 heteroatoms. The fourth-order valence-corrected chi connectivity index (χ4v) is 10.6. The highest BCUT2D eigenvalue weighted by Gasteiger charge is 2.22. The summed E-state index contributed by atoms with van der Waals surface area (Å²) in [5, 5.41) is 11.8. The molecule has 472 valence electrons. The average Bonchev–Trinajstić information content (AvgIpc) is 3.43. The minimum atomic E-state index is -1.62. The number of esters is 2. The summed E-state index contributed by atoms with van der Waals surface area (Å²) >= 11 is 0. The van der Waals surface area contributed by atoms with Crippen LogP contribution < -0.4 is 5.11 Å². The second-order valence-electron chi connectivity index (χ2n) is 25.2. The van der Waals surface area contributed by atoms with Crippen LogP contribution in [0.2, 0.25) is 0 Å². The molecular formula is C71H135NO8. The van der Waals surface area contributed by atoms with E-state index in [9.17, 15) is 19.5 Å². The topological polar surface area (TPSA) is 111 Å². The first-order chi connectivity index (χ1) is 39.1. The molecule has 0 aromatic carbocycles. The number of nitrogens with zero attached hydrogens (tertiary/aromatic N) is 1. The summed E-state index contributed by atoms with van der Waals surface area (Å²) < 4.78 is 22.8. The molecule has 0 N–H and O–H groups in total. The van der Waals surface area contributed by atoms with Gasteiger partial charge in [-0.05, 0) is 44.9 Å². The summed E-state index contributed by atoms with van der Waals surface area (Å²) in [6.07, 6.45) is 74.2. The van der Waals surface area contributed by atoms with E-state index in [4.69, 9.17) is 18.9 Å². The Kier molecular flexibility index (Phi) is 61.1. The number of quaternary nitrogens is 1. The number of carbonyl (C=O) groups excluding carboxylic acids is 3. The first-order valence-electron chi connectivity index (χ1n) is 35.0. The number of carboxylic acids is 1. The van der Waals surface area contributed by atoms with Crippen LogP contribution in [0, 0.1) is 0 Å². The molecule has 2 atom stereocenters. The van der Waals surface area contributed by atoms with Crippen molar-refractivity contribution in [1.29, 1.82) is 0 Å². The molecule has 0 spiro atoms. The van der Waals surface area contributed by atoms with E-state index >= 15 is 0 Å². The maximum atomic E-state index is 12.9. The summed E-state index contributed by atoms with van der Waals surface area (Å²) in [6.45, 7) is 4.81. The zero-order chi connectivity index (χ0) is 58.3. The Hall–Kier alpha value is -2.23. The van der Waals surface area contributed by atoms with Crippen molar-refractivity contribution >= 4 is 17.9 Å². The number of unbranched alkanes of at least 4 members (excludes halogenated alkanes) is 47. The quantitative estimate of drug-likeness (QED) is 0.0195. The smallest absolute Gasteiger partial charge is 0.306 e. The first kappa shape index (κ1) is 77.8. The number of hydrogen-bond acceptors (Lipinski definition) is 8. The molecule has 0 radical (unpaired) electrons. The maximum absolute atomic E-state index is 12.9. The van der Waals surface area contributed by atoms with Gasteiger partial charge in [0.05, 0.1) is 40.3 Å². The Morgan fingerprint density at radius 1 is 0.375 bits per heavy atom. The SMILES string of the molecule is CCCCCCC/C=C\C/C=C\CCCCCCCCCCCCCCCCCCCCCCCCCCCC(=O)OC(COC(=O)CCCCCCCCCCCCCCCCCCCC)COC(OCC[N+](C)(C)C)C(=O)[O-]. The summed E-state index contributed by atoms with van der Waals surface area (Å²) in [6, 6.07) is 0. The summed E-state index contributed by atoms with van der Waals surface area (Å²) in [5.74, 6) is -2.25. The van der Waals surface area contributed by atoms with Crippen molar-refractivity contribution in [3.05, 3.63) is 24.3 Å². The third-order valence-electron chi connectivity index (χ3n) is 16.0. The number of carbonyl (C=O) groups is 3. The lowest BCUT2D eigenvalue weighted by Crippen LogP contribution is -2.44. The predicted molar refractivity (Wildman–Crippen MR) is 339 cm³/mol. The van der Waals surface area contributed by atoms with E-state index in [-0.39, 0.29) is 32.2 Å². The normalized spacial score (nSPS) is 12.8. The van der Waals surface area contributed by atoms with Crippen molar-refractivity contribution in [3.8, 4) is 0 Å². The molecule has 0 aromatic heterocycles. The van der Waals surface area contributed by atoms with Gasteiger partial charge in [-0.25, -0.2) is 0 Å². The highest BCUT2D eigenvalue weighted by Crippen LogP contribution is 2.19. The maximum Gasteiger partial charge on any atom is 0.306 e. The van der Waals surface area contributed by atoms with E-state index in [1.807, 2.05) is 21.1 Å². The summed E-state index contributed by atoms with van der Waals surface area (Å²) in [7, 11) is 5.94. The molecule has 0 saturated heterocycles. The van der Waals surface area contributed by atoms with Crippen LogP contribution in [0.4, 0.5) is 0 Å². The third kappa shape index (κ3) is 63.4. The van der Waals surface area contributed by atoms with Crippen LogP contribution in [0.3, 0.4) is 0 Å². The molecule has 0 fully saturated rings. The minimum absolute atomic E-state index is 0.152. The van der Waals surface area contributed by atoms with Gasteiger partial charge in [0.15, 0.2) is 12.4 Å². The molecule has 0 aliphatic carbocycles. The van der Waals surface area contributed by atoms with E-state index in [2.05, 4.69) is 38.2 Å². The van der Waals surface area contributed by atoms with Gasteiger partial charge in [0, 0.05) is 12.8 Å². The molecule has 0 aliphatic rings. The molecule has 0 rings (SSSR count). The second kappa shape index (κ2) is 62.8. The largest absolute Gasteiger partial charge is 0.545 e. The van der Waals surface area contributed by atoms with Gasteiger partial charge in [-0.2, -0.15) is 0 Å². The second-order valence-corrected chi connectivity index (χ2v) is 25.2. The Balaban J connectivity index is 3.97. The monoisotopic (exact) mass is 1130 g/mol. The van der Waals surface area contributed by atoms with Gasteiger partial charge < -0.3 is 33.3 Å². The standard InChI is InChI=1S/C71H135NO8/c1-6-8-10-12-14-16-18-20-22-24-26-27-28-29-30-31-32-33-34-35-36-37-38-39-40-41-42-43-44-46-48-50-52-54-56-58-60-62-69(74)80-67(66-79-71(70(75)76)77-64-63-72(3,4)5)65-78-68(73)61-59-57-55-53-51-49-47-45-25-23-21-19-17-15-13-11-9-7-2/h18,20,24,26,67,71H,6-17,19,21-23,25,27-66H2,1-5H3/b20-18-,26-24-. The van der Waals surface area contributed by atoms with Gasteiger partial charge in [0.25, 0.3) is 0 Å². The van der Waals surface area contributed by atoms with Crippen molar-refractivity contribution in [2.24, 2.45) is 0 Å². The Bertz CT molecular complexity index is 1360. The number of rotatable bonds is 66. The lowest BCUT2D eigenvalue weighted by atomic mass is 10.0. The Morgan fingerprint density at radius 2 is 0.675 bits per heavy atom. The van der Waals surface area contributed by atoms with E-state index in [1.54, 1.807) is 0 Å². The lowest BCUT2D eigenvalue weighted by molar-refractivity contribution is -0.870. The fraction of sp³-hybridized carbons (Fsp3) is 0.901. The van der Waals surface area contributed by atoms with Gasteiger partial charge in [0.2, 0.25) is 0 Å². The van der Waals surface area contributed by atoms with Gasteiger partial charge in [-0.15, -0.1) is 0 Å². The number of carboxylic acid groups (broad SMARTS) is 1.